The first-order chi connectivity index (χ1) is 7.25. The third kappa shape index (κ3) is 2.47. The predicted octanol–water partition coefficient (Wildman–Crippen LogP) is 1.44. The highest BCUT2D eigenvalue weighted by Gasteiger charge is 2.02. The van der Waals surface area contributed by atoms with Crippen molar-refractivity contribution < 1.29 is 5.11 Å². The summed E-state index contributed by atoms with van der Waals surface area (Å²) in [5.74, 6) is 0. The van der Waals surface area contributed by atoms with Crippen molar-refractivity contribution in [1.82, 2.24) is 14.3 Å². The first-order valence-electron chi connectivity index (χ1n) is 5.07. The van der Waals surface area contributed by atoms with Gasteiger partial charge in [0.15, 0.2) is 0 Å². The Hall–Kier alpha value is -1.55. The molecule has 0 amide bonds. The molecule has 0 spiro atoms. The van der Waals surface area contributed by atoms with Crippen LogP contribution in [0.3, 0.4) is 0 Å². The number of hydrogen-bond acceptors (Lipinski definition) is 2. The highest BCUT2D eigenvalue weighted by molar-refractivity contribution is 5.12. The molecule has 80 valence electrons. The number of aryl methyl sites for hydroxylation is 2. The summed E-state index contributed by atoms with van der Waals surface area (Å²) in [6, 6.07) is 3.85. The average molecular weight is 205 g/mol. The van der Waals surface area contributed by atoms with Gasteiger partial charge in [-0.1, -0.05) is 0 Å². The Balaban J connectivity index is 1.94. The Kier molecular flexibility index (Phi) is 2.87. The molecule has 2 rings (SSSR count). The van der Waals surface area contributed by atoms with Crippen molar-refractivity contribution in [2.45, 2.75) is 26.1 Å². The fraction of sp³-hybridized carbons (Fsp3) is 0.364. The number of hydrogen-bond donors (Lipinski definition) is 1. The van der Waals surface area contributed by atoms with Crippen molar-refractivity contribution >= 4 is 0 Å². The first-order valence-corrected chi connectivity index (χ1v) is 5.07. The Labute approximate surface area is 88.8 Å². The molecule has 0 radical (unpaired) electrons. The van der Waals surface area contributed by atoms with Gasteiger partial charge in [0.05, 0.1) is 12.6 Å². The van der Waals surface area contributed by atoms with Gasteiger partial charge in [-0.15, -0.1) is 0 Å². The van der Waals surface area contributed by atoms with Crippen LogP contribution < -0.4 is 0 Å². The summed E-state index contributed by atoms with van der Waals surface area (Å²) >= 11 is 0. The summed E-state index contributed by atoms with van der Waals surface area (Å²) in [6.45, 7) is 3.49. The fourth-order valence-corrected chi connectivity index (χ4v) is 1.50. The highest BCUT2D eigenvalue weighted by atomic mass is 16.3. The molecule has 0 fully saturated rings. The number of nitrogens with zero attached hydrogens (tertiary/aromatic N) is 3. The van der Waals surface area contributed by atoms with E-state index in [9.17, 15) is 5.11 Å². The van der Waals surface area contributed by atoms with Crippen LogP contribution in [-0.2, 0) is 13.1 Å². The normalized spacial score (nSPS) is 12.9. The van der Waals surface area contributed by atoms with E-state index in [1.165, 1.54) is 0 Å². The van der Waals surface area contributed by atoms with Crippen molar-refractivity contribution in [2.75, 3.05) is 0 Å². The molecular weight excluding hydrogens is 190 g/mol. The van der Waals surface area contributed by atoms with Crippen LogP contribution in [0.2, 0.25) is 0 Å². The zero-order valence-electron chi connectivity index (χ0n) is 8.74. The lowest BCUT2D eigenvalue weighted by atomic mass is 10.2. The molecule has 2 aromatic heterocycles. The van der Waals surface area contributed by atoms with Gasteiger partial charge in [-0.2, -0.15) is 5.10 Å². The minimum absolute atomic E-state index is 0.393. The van der Waals surface area contributed by atoms with E-state index in [2.05, 4.69) is 9.67 Å². The molecule has 0 aromatic carbocycles. The molecule has 4 heteroatoms. The third-order valence-corrected chi connectivity index (χ3v) is 2.40. The smallest absolute Gasteiger partial charge is 0.0776 e. The molecule has 1 N–H and O–H groups in total. The number of aromatic nitrogens is 3. The molecule has 0 saturated carbocycles. The van der Waals surface area contributed by atoms with Crippen LogP contribution in [-0.4, -0.2) is 19.5 Å². The lowest BCUT2D eigenvalue weighted by Crippen LogP contribution is -2.06. The summed E-state index contributed by atoms with van der Waals surface area (Å²) < 4.78 is 3.95. The van der Waals surface area contributed by atoms with Gasteiger partial charge in [-0.25, -0.2) is 0 Å². The largest absolute Gasteiger partial charge is 0.389 e. The van der Waals surface area contributed by atoms with Crippen molar-refractivity contribution in [3.05, 3.63) is 42.5 Å². The number of aliphatic hydroxyl groups is 1. The van der Waals surface area contributed by atoms with E-state index < -0.39 is 6.10 Å². The Morgan fingerprint density at radius 1 is 1.40 bits per heavy atom. The molecular formula is C11H15N3O. The molecule has 0 bridgehead atoms. The van der Waals surface area contributed by atoms with E-state index in [4.69, 9.17) is 0 Å². The van der Waals surface area contributed by atoms with Crippen LogP contribution in [0.15, 0.2) is 36.9 Å². The second kappa shape index (κ2) is 4.31. The van der Waals surface area contributed by atoms with E-state index in [1.54, 1.807) is 13.1 Å². The van der Waals surface area contributed by atoms with Gasteiger partial charge in [0.25, 0.3) is 0 Å². The van der Waals surface area contributed by atoms with Gasteiger partial charge < -0.3 is 9.67 Å². The maximum atomic E-state index is 9.36. The summed E-state index contributed by atoms with van der Waals surface area (Å²) in [5, 5.41) is 13.5. The Morgan fingerprint density at radius 3 is 2.87 bits per heavy atom. The molecule has 0 saturated heterocycles. The molecule has 2 heterocycles. The Morgan fingerprint density at radius 2 is 2.27 bits per heavy atom. The minimum Gasteiger partial charge on any atom is -0.389 e. The lowest BCUT2D eigenvalue weighted by Gasteiger charge is -2.03. The molecule has 1 atom stereocenters. The number of aliphatic hydroxyl groups excluding tert-OH is 1. The molecule has 15 heavy (non-hydrogen) atoms. The molecule has 0 aliphatic carbocycles. The van der Waals surface area contributed by atoms with Crippen molar-refractivity contribution in [3.63, 3.8) is 0 Å². The van der Waals surface area contributed by atoms with Crippen LogP contribution in [0.5, 0.6) is 0 Å². The first kappa shape index (κ1) is 9.98. The van der Waals surface area contributed by atoms with Gasteiger partial charge in [-0.3, -0.25) is 4.68 Å². The van der Waals surface area contributed by atoms with Gasteiger partial charge >= 0.3 is 0 Å². The molecule has 1 unspecified atom stereocenters. The van der Waals surface area contributed by atoms with E-state index in [-0.39, 0.29) is 0 Å². The van der Waals surface area contributed by atoms with Crippen LogP contribution >= 0.6 is 0 Å². The van der Waals surface area contributed by atoms with Crippen LogP contribution in [0.4, 0.5) is 0 Å². The monoisotopic (exact) mass is 205 g/mol. The summed E-state index contributed by atoms with van der Waals surface area (Å²) in [4.78, 5) is 0. The third-order valence-electron chi connectivity index (χ3n) is 2.40. The van der Waals surface area contributed by atoms with Crippen molar-refractivity contribution in [3.8, 4) is 0 Å². The lowest BCUT2D eigenvalue weighted by molar-refractivity contribution is 0.199. The minimum atomic E-state index is -0.393. The maximum Gasteiger partial charge on any atom is 0.0776 e. The molecule has 0 aliphatic heterocycles. The van der Waals surface area contributed by atoms with Gasteiger partial charge in [0.1, 0.15) is 0 Å². The van der Waals surface area contributed by atoms with E-state index in [0.717, 1.165) is 18.7 Å². The van der Waals surface area contributed by atoms with E-state index >= 15 is 0 Å². The van der Waals surface area contributed by atoms with Crippen LogP contribution in [0.1, 0.15) is 18.6 Å². The van der Waals surface area contributed by atoms with Gasteiger partial charge in [0, 0.05) is 31.3 Å². The summed E-state index contributed by atoms with van der Waals surface area (Å²) in [6.07, 6.45) is 7.27. The van der Waals surface area contributed by atoms with E-state index in [1.807, 2.05) is 35.4 Å². The van der Waals surface area contributed by atoms with E-state index in [0.29, 0.717) is 0 Å². The standard InChI is InChI=1S/C11H15N3O/c1-10(15)11-3-6-13(9-11)7-8-14-5-2-4-12-14/h2-6,9-10,15H,7-8H2,1H3. The van der Waals surface area contributed by atoms with Gasteiger partial charge in [0.2, 0.25) is 0 Å². The highest BCUT2D eigenvalue weighted by Crippen LogP contribution is 2.11. The molecule has 2 aromatic rings. The van der Waals surface area contributed by atoms with Crippen molar-refractivity contribution in [1.29, 1.82) is 0 Å². The van der Waals surface area contributed by atoms with Crippen LogP contribution in [0.25, 0.3) is 0 Å². The zero-order valence-corrected chi connectivity index (χ0v) is 8.74. The maximum absolute atomic E-state index is 9.36. The second-order valence-corrected chi connectivity index (χ2v) is 3.63. The van der Waals surface area contributed by atoms with Crippen LogP contribution in [0, 0.1) is 0 Å². The molecule has 0 aliphatic rings. The average Bonchev–Trinajstić information content (AvgIpc) is 2.86. The predicted molar refractivity (Wildman–Crippen MR) is 57.3 cm³/mol. The molecule has 4 nitrogen and oxygen atoms in total. The topological polar surface area (TPSA) is 43.0 Å². The SMILES string of the molecule is CC(O)c1ccn(CCn2cccn2)c1. The zero-order chi connectivity index (χ0) is 10.7. The second-order valence-electron chi connectivity index (χ2n) is 3.63. The Bertz CT molecular complexity index is 403. The van der Waals surface area contributed by atoms with Crippen molar-refractivity contribution in [2.24, 2.45) is 0 Å². The number of rotatable bonds is 4. The quantitative estimate of drug-likeness (QED) is 0.820. The summed E-state index contributed by atoms with van der Waals surface area (Å²) in [5.41, 5.74) is 0.954. The van der Waals surface area contributed by atoms with Gasteiger partial charge in [-0.05, 0) is 24.6 Å². The summed E-state index contributed by atoms with van der Waals surface area (Å²) in [7, 11) is 0. The fourth-order valence-electron chi connectivity index (χ4n) is 1.50.